The Kier molecular flexibility index (Phi) is 6.14. The number of methoxy groups -OCH3 is 1. The second-order valence-corrected chi connectivity index (χ2v) is 8.72. The van der Waals surface area contributed by atoms with Gasteiger partial charge in [0.25, 0.3) is 5.91 Å². The summed E-state index contributed by atoms with van der Waals surface area (Å²) < 4.78 is 6.88. The molecule has 0 radical (unpaired) electrons. The van der Waals surface area contributed by atoms with E-state index in [2.05, 4.69) is 4.99 Å². The van der Waals surface area contributed by atoms with Crippen molar-refractivity contribution in [2.75, 3.05) is 12.0 Å². The third-order valence-electron chi connectivity index (χ3n) is 4.81. The van der Waals surface area contributed by atoms with Crippen LogP contribution in [0.1, 0.15) is 23.2 Å². The SMILES string of the molecule is COC(=O)Cn1c(=NC(=O)c2cccc(N3C(=O)CCC3=O)c2)sc2cc(Cl)cc(Cl)c21. The van der Waals surface area contributed by atoms with Gasteiger partial charge < -0.3 is 9.30 Å². The molecule has 1 aromatic heterocycles. The van der Waals surface area contributed by atoms with Crippen LogP contribution in [0.3, 0.4) is 0 Å². The molecule has 0 bridgehead atoms. The Morgan fingerprint density at radius 1 is 1.12 bits per heavy atom. The number of halogens is 2. The molecule has 3 aromatic rings. The summed E-state index contributed by atoms with van der Waals surface area (Å²) in [4.78, 5) is 54.4. The first kappa shape index (κ1) is 22.2. The molecule has 2 heterocycles. The van der Waals surface area contributed by atoms with Gasteiger partial charge in [-0.3, -0.25) is 24.1 Å². The number of hydrogen-bond donors (Lipinski definition) is 0. The predicted octanol–water partition coefficient (Wildman–Crippen LogP) is 3.58. The van der Waals surface area contributed by atoms with E-state index < -0.39 is 11.9 Å². The van der Waals surface area contributed by atoms with Crippen LogP contribution in [0.25, 0.3) is 10.2 Å². The molecule has 1 saturated heterocycles. The summed E-state index contributed by atoms with van der Waals surface area (Å²) in [5, 5.41) is 0.703. The van der Waals surface area contributed by atoms with E-state index in [4.69, 9.17) is 27.9 Å². The van der Waals surface area contributed by atoms with Crippen LogP contribution in [-0.2, 0) is 25.7 Å². The summed E-state index contributed by atoms with van der Waals surface area (Å²) in [6.45, 7) is -0.208. The van der Waals surface area contributed by atoms with Gasteiger partial charge >= 0.3 is 5.97 Å². The van der Waals surface area contributed by atoms with Gasteiger partial charge in [-0.15, -0.1) is 0 Å². The number of carbonyl (C=O) groups is 4. The molecule has 0 atom stereocenters. The van der Waals surface area contributed by atoms with Gasteiger partial charge in [-0.2, -0.15) is 4.99 Å². The average molecular weight is 492 g/mol. The van der Waals surface area contributed by atoms with Gasteiger partial charge in [-0.25, -0.2) is 0 Å². The van der Waals surface area contributed by atoms with Crippen molar-refractivity contribution < 1.29 is 23.9 Å². The number of nitrogens with zero attached hydrogens (tertiary/aromatic N) is 3. The third kappa shape index (κ3) is 4.19. The summed E-state index contributed by atoms with van der Waals surface area (Å²) in [6.07, 6.45) is 0.278. The van der Waals surface area contributed by atoms with Crippen molar-refractivity contribution in [3.05, 3.63) is 56.8 Å². The Hall–Kier alpha value is -3.01. The first-order valence-corrected chi connectivity index (χ1v) is 11.0. The van der Waals surface area contributed by atoms with Gasteiger partial charge in [0.2, 0.25) is 11.8 Å². The van der Waals surface area contributed by atoms with Crippen LogP contribution >= 0.6 is 34.5 Å². The normalized spacial score (nSPS) is 14.5. The second kappa shape index (κ2) is 8.85. The van der Waals surface area contributed by atoms with Crippen molar-refractivity contribution in [2.45, 2.75) is 19.4 Å². The van der Waals surface area contributed by atoms with Gasteiger partial charge in [0.15, 0.2) is 4.80 Å². The van der Waals surface area contributed by atoms with Crippen LogP contribution in [-0.4, -0.2) is 35.4 Å². The summed E-state index contributed by atoms with van der Waals surface area (Å²) in [5.41, 5.74) is 0.994. The number of ether oxygens (including phenoxy) is 1. The van der Waals surface area contributed by atoms with E-state index in [0.29, 0.717) is 25.9 Å². The fourth-order valence-electron chi connectivity index (χ4n) is 3.35. The predicted molar refractivity (Wildman–Crippen MR) is 120 cm³/mol. The standard InChI is InChI=1S/C21H15Cl2N3O5S/c1-31-18(29)10-25-19-14(23)8-12(22)9-15(19)32-21(25)24-20(30)11-3-2-4-13(7-11)26-16(27)5-6-17(26)28/h2-4,7-9H,5-6,10H2,1H3. The maximum atomic E-state index is 12.9. The molecule has 1 fully saturated rings. The highest BCUT2D eigenvalue weighted by Crippen LogP contribution is 2.30. The monoisotopic (exact) mass is 491 g/mol. The number of fused-ring (bicyclic) bond motifs is 1. The largest absolute Gasteiger partial charge is 0.468 e. The molecule has 0 saturated carbocycles. The zero-order valence-electron chi connectivity index (χ0n) is 16.6. The number of rotatable bonds is 4. The quantitative estimate of drug-likeness (QED) is 0.410. The van der Waals surface area contributed by atoms with E-state index in [1.54, 1.807) is 18.2 Å². The lowest BCUT2D eigenvalue weighted by atomic mass is 10.2. The van der Waals surface area contributed by atoms with Gasteiger partial charge in [0, 0.05) is 23.4 Å². The van der Waals surface area contributed by atoms with Gasteiger partial charge in [0.1, 0.15) is 6.54 Å². The molecule has 0 spiro atoms. The van der Waals surface area contributed by atoms with E-state index in [-0.39, 0.29) is 41.6 Å². The lowest BCUT2D eigenvalue weighted by Gasteiger charge is -2.14. The van der Waals surface area contributed by atoms with E-state index in [9.17, 15) is 19.2 Å². The first-order chi connectivity index (χ1) is 15.3. The van der Waals surface area contributed by atoms with Gasteiger partial charge in [0.05, 0.1) is 28.0 Å². The number of amides is 3. The van der Waals surface area contributed by atoms with Crippen LogP contribution in [0, 0.1) is 0 Å². The molecule has 8 nitrogen and oxygen atoms in total. The zero-order chi connectivity index (χ0) is 23.0. The van der Waals surface area contributed by atoms with E-state index in [0.717, 1.165) is 16.2 Å². The summed E-state index contributed by atoms with van der Waals surface area (Å²) >= 11 is 13.6. The third-order valence-corrected chi connectivity index (χ3v) is 6.34. The Bertz CT molecular complexity index is 1350. The minimum Gasteiger partial charge on any atom is -0.468 e. The number of carbonyl (C=O) groups excluding carboxylic acids is 4. The molecular weight excluding hydrogens is 477 g/mol. The van der Waals surface area contributed by atoms with Gasteiger partial charge in [-0.1, -0.05) is 40.6 Å². The van der Waals surface area contributed by atoms with Crippen LogP contribution in [0.15, 0.2) is 41.4 Å². The lowest BCUT2D eigenvalue weighted by molar-refractivity contribution is -0.141. The van der Waals surface area contributed by atoms with Crippen molar-refractivity contribution in [1.82, 2.24) is 4.57 Å². The molecule has 3 amide bonds. The second-order valence-electron chi connectivity index (χ2n) is 6.87. The van der Waals surface area contributed by atoms with E-state index >= 15 is 0 Å². The maximum absolute atomic E-state index is 12.9. The Balaban J connectivity index is 1.80. The van der Waals surface area contributed by atoms with Crippen LogP contribution in [0.5, 0.6) is 0 Å². The molecule has 1 aliphatic heterocycles. The molecule has 0 N–H and O–H groups in total. The van der Waals surface area contributed by atoms with Crippen molar-refractivity contribution >= 4 is 74.1 Å². The highest BCUT2D eigenvalue weighted by Gasteiger charge is 2.30. The summed E-state index contributed by atoms with van der Waals surface area (Å²) in [7, 11) is 1.25. The Morgan fingerprint density at radius 2 is 1.84 bits per heavy atom. The molecular formula is C21H15Cl2N3O5S. The van der Waals surface area contributed by atoms with Gasteiger partial charge in [-0.05, 0) is 30.3 Å². The molecule has 164 valence electrons. The van der Waals surface area contributed by atoms with Crippen LogP contribution in [0.2, 0.25) is 10.0 Å². The average Bonchev–Trinajstić information content (AvgIpc) is 3.26. The topological polar surface area (TPSA) is 98.0 Å². The summed E-state index contributed by atoms with van der Waals surface area (Å²) in [6, 6.07) is 9.32. The molecule has 32 heavy (non-hydrogen) atoms. The number of anilines is 1. The number of imide groups is 1. The minimum atomic E-state index is -0.613. The smallest absolute Gasteiger partial charge is 0.325 e. The number of esters is 1. The fourth-order valence-corrected chi connectivity index (χ4v) is 5.16. The van der Waals surface area contributed by atoms with E-state index in [1.807, 2.05) is 0 Å². The number of aromatic nitrogens is 1. The fraction of sp³-hybridized carbons (Fsp3) is 0.190. The molecule has 11 heteroatoms. The number of hydrogen-bond acceptors (Lipinski definition) is 6. The molecule has 2 aromatic carbocycles. The minimum absolute atomic E-state index is 0.139. The molecule has 4 rings (SSSR count). The van der Waals surface area contributed by atoms with Crippen molar-refractivity contribution in [2.24, 2.45) is 4.99 Å². The number of benzene rings is 2. The van der Waals surface area contributed by atoms with Crippen LogP contribution in [0.4, 0.5) is 5.69 Å². The first-order valence-electron chi connectivity index (χ1n) is 9.38. The lowest BCUT2D eigenvalue weighted by Crippen LogP contribution is -2.28. The van der Waals surface area contributed by atoms with E-state index in [1.165, 1.54) is 29.9 Å². The summed E-state index contributed by atoms with van der Waals surface area (Å²) in [5.74, 6) is -1.79. The Morgan fingerprint density at radius 3 is 2.53 bits per heavy atom. The van der Waals surface area contributed by atoms with Crippen molar-refractivity contribution in [3.63, 3.8) is 0 Å². The van der Waals surface area contributed by atoms with Crippen LogP contribution < -0.4 is 9.70 Å². The highest BCUT2D eigenvalue weighted by molar-refractivity contribution is 7.16. The number of thiazole rings is 1. The molecule has 0 aliphatic carbocycles. The van der Waals surface area contributed by atoms with Crippen molar-refractivity contribution in [3.8, 4) is 0 Å². The molecule has 1 aliphatic rings. The maximum Gasteiger partial charge on any atom is 0.325 e. The zero-order valence-corrected chi connectivity index (χ0v) is 19.0. The highest BCUT2D eigenvalue weighted by atomic mass is 35.5. The Labute approximate surface area is 195 Å². The molecule has 0 unspecified atom stereocenters. The van der Waals surface area contributed by atoms with Crippen molar-refractivity contribution in [1.29, 1.82) is 0 Å².